The summed E-state index contributed by atoms with van der Waals surface area (Å²) < 4.78 is 36.1. The maximum Gasteiger partial charge on any atom is 0.348 e. The monoisotopic (exact) mass is 404 g/mol. The quantitative estimate of drug-likeness (QED) is 0.765. The first kappa shape index (κ1) is 19.7. The van der Waals surface area contributed by atoms with Crippen LogP contribution in [0.5, 0.6) is 5.75 Å². The number of amides is 1. The van der Waals surface area contributed by atoms with Crippen molar-refractivity contribution in [3.63, 3.8) is 0 Å². The van der Waals surface area contributed by atoms with Crippen LogP contribution in [0.1, 0.15) is 17.3 Å². The number of ether oxygens (including phenoxy) is 2. The number of benzene rings is 2. The number of para-hydroxylation sites is 2. The molecule has 1 aliphatic heterocycles. The van der Waals surface area contributed by atoms with Crippen molar-refractivity contribution in [3.8, 4) is 5.75 Å². The second-order valence-electron chi connectivity index (χ2n) is 6.10. The van der Waals surface area contributed by atoms with Crippen molar-refractivity contribution in [1.82, 2.24) is 0 Å². The van der Waals surface area contributed by atoms with Crippen LogP contribution in [0.2, 0.25) is 0 Å². The first-order chi connectivity index (χ1) is 13.3. The van der Waals surface area contributed by atoms with Gasteiger partial charge in [0.15, 0.2) is 0 Å². The lowest BCUT2D eigenvalue weighted by molar-refractivity contribution is -0.148. The second-order valence-corrected chi connectivity index (χ2v) is 8.11. The van der Waals surface area contributed by atoms with Crippen LogP contribution in [0.3, 0.4) is 0 Å². The number of sulfonamides is 1. The van der Waals surface area contributed by atoms with Gasteiger partial charge < -0.3 is 14.4 Å². The van der Waals surface area contributed by atoms with E-state index in [0.29, 0.717) is 22.7 Å². The summed E-state index contributed by atoms with van der Waals surface area (Å²) in [6, 6.07) is 13.0. The number of rotatable bonds is 5. The summed E-state index contributed by atoms with van der Waals surface area (Å²) in [5.74, 6) is -0.552. The van der Waals surface area contributed by atoms with Gasteiger partial charge in [0, 0.05) is 11.3 Å². The number of nitrogens with one attached hydrogen (secondary N) is 1. The third-order valence-corrected chi connectivity index (χ3v) is 5.57. The average Bonchev–Trinajstić information content (AvgIpc) is 2.72. The predicted molar refractivity (Wildman–Crippen MR) is 104 cm³/mol. The zero-order valence-electron chi connectivity index (χ0n) is 15.4. The molecule has 0 radical (unpaired) electrons. The highest BCUT2D eigenvalue weighted by Crippen LogP contribution is 2.34. The van der Waals surface area contributed by atoms with E-state index in [1.807, 2.05) is 0 Å². The topological polar surface area (TPSA) is 102 Å². The van der Waals surface area contributed by atoms with Crippen LogP contribution in [0, 0.1) is 0 Å². The minimum absolute atomic E-state index is 0.00668. The Morgan fingerprint density at radius 3 is 2.50 bits per heavy atom. The van der Waals surface area contributed by atoms with E-state index in [1.54, 1.807) is 24.3 Å². The number of hydrogen-bond acceptors (Lipinski definition) is 6. The van der Waals surface area contributed by atoms with Gasteiger partial charge in [-0.1, -0.05) is 12.1 Å². The normalized spacial score (nSPS) is 15.9. The summed E-state index contributed by atoms with van der Waals surface area (Å²) >= 11 is 0. The lowest BCUT2D eigenvalue weighted by Gasteiger charge is -2.33. The molecule has 2 aromatic carbocycles. The molecule has 2 aromatic rings. The van der Waals surface area contributed by atoms with Crippen molar-refractivity contribution in [3.05, 3.63) is 54.1 Å². The Morgan fingerprint density at radius 2 is 1.86 bits per heavy atom. The molecule has 9 heteroatoms. The molecule has 1 aliphatic rings. The van der Waals surface area contributed by atoms with E-state index in [2.05, 4.69) is 4.72 Å². The highest BCUT2D eigenvalue weighted by molar-refractivity contribution is 7.92. The highest BCUT2D eigenvalue weighted by Gasteiger charge is 2.34. The van der Waals surface area contributed by atoms with E-state index >= 15 is 0 Å². The van der Waals surface area contributed by atoms with Crippen LogP contribution in [0.25, 0.3) is 0 Å². The maximum atomic E-state index is 13.1. The van der Waals surface area contributed by atoms with E-state index in [9.17, 15) is 18.0 Å². The van der Waals surface area contributed by atoms with Crippen molar-refractivity contribution >= 4 is 33.3 Å². The average molecular weight is 404 g/mol. The fourth-order valence-electron chi connectivity index (χ4n) is 2.77. The van der Waals surface area contributed by atoms with Crippen LogP contribution in [0.4, 0.5) is 11.4 Å². The van der Waals surface area contributed by atoms with Crippen LogP contribution in [-0.2, 0) is 19.6 Å². The van der Waals surface area contributed by atoms with Gasteiger partial charge in [0.25, 0.3) is 5.91 Å². The molecule has 0 spiro atoms. The molecule has 1 atom stereocenters. The summed E-state index contributed by atoms with van der Waals surface area (Å²) in [6.45, 7) is 1.54. The van der Waals surface area contributed by atoms with Crippen molar-refractivity contribution in [1.29, 1.82) is 0 Å². The highest BCUT2D eigenvalue weighted by atomic mass is 32.2. The number of esters is 1. The van der Waals surface area contributed by atoms with Gasteiger partial charge in [-0.3, -0.25) is 9.52 Å². The van der Waals surface area contributed by atoms with Gasteiger partial charge in [-0.05, 0) is 43.3 Å². The Morgan fingerprint density at radius 1 is 1.18 bits per heavy atom. The van der Waals surface area contributed by atoms with Crippen LogP contribution < -0.4 is 14.4 Å². The fraction of sp³-hybridized carbons (Fsp3) is 0.263. The van der Waals surface area contributed by atoms with Gasteiger partial charge in [-0.25, -0.2) is 13.2 Å². The minimum atomic E-state index is -3.40. The molecule has 28 heavy (non-hydrogen) atoms. The molecule has 0 saturated heterocycles. The Labute approximate surface area is 163 Å². The summed E-state index contributed by atoms with van der Waals surface area (Å²) in [5, 5.41) is 0. The summed E-state index contributed by atoms with van der Waals surface area (Å²) in [7, 11) is -2.14. The molecule has 0 bridgehead atoms. The number of hydrogen-bond donors (Lipinski definition) is 1. The molecule has 0 saturated carbocycles. The van der Waals surface area contributed by atoms with Crippen LogP contribution in [-0.4, -0.2) is 45.8 Å². The lowest BCUT2D eigenvalue weighted by atomic mass is 10.1. The fourth-order valence-corrected chi connectivity index (χ4v) is 3.41. The van der Waals surface area contributed by atoms with Crippen molar-refractivity contribution < 1.29 is 27.5 Å². The predicted octanol–water partition coefficient (Wildman–Crippen LogP) is 2.03. The Kier molecular flexibility index (Phi) is 5.55. The molecule has 3 rings (SSSR count). The van der Waals surface area contributed by atoms with Gasteiger partial charge >= 0.3 is 5.97 Å². The molecule has 0 unspecified atom stereocenters. The van der Waals surface area contributed by atoms with E-state index in [-0.39, 0.29) is 18.2 Å². The minimum Gasteiger partial charge on any atom is -0.475 e. The molecular formula is C19H20N2O6S. The zero-order valence-corrected chi connectivity index (χ0v) is 16.2. The standard InChI is InChI=1S/C19H20N2O6S/c1-3-28(24,25)20-14-10-8-13(9-11-14)18(22)21-12-17(19(23)26-2)27-16-7-5-4-6-15(16)21/h4-11,17,20H,3,12H2,1-2H3/t17-/m1/s1. The second kappa shape index (κ2) is 7.89. The third kappa shape index (κ3) is 4.09. The molecule has 8 nitrogen and oxygen atoms in total. The van der Waals surface area contributed by atoms with E-state index in [4.69, 9.17) is 9.47 Å². The van der Waals surface area contributed by atoms with Crippen molar-refractivity contribution in [2.24, 2.45) is 0 Å². The van der Waals surface area contributed by atoms with Crippen molar-refractivity contribution in [2.75, 3.05) is 29.0 Å². The molecule has 1 heterocycles. The summed E-state index contributed by atoms with van der Waals surface area (Å²) in [4.78, 5) is 26.4. The van der Waals surface area contributed by atoms with Crippen LogP contribution in [0.15, 0.2) is 48.5 Å². The maximum absolute atomic E-state index is 13.1. The van der Waals surface area contributed by atoms with Gasteiger partial charge in [0.05, 0.1) is 25.1 Å². The molecular weight excluding hydrogens is 384 g/mol. The Hall–Kier alpha value is -3.07. The molecule has 148 valence electrons. The van der Waals surface area contributed by atoms with Gasteiger partial charge in [-0.2, -0.15) is 0 Å². The number of fused-ring (bicyclic) bond motifs is 1. The molecule has 1 N–H and O–H groups in total. The smallest absolute Gasteiger partial charge is 0.348 e. The number of anilines is 2. The van der Waals surface area contributed by atoms with Gasteiger partial charge in [-0.15, -0.1) is 0 Å². The summed E-state index contributed by atoms with van der Waals surface area (Å²) in [6.07, 6.45) is -0.931. The van der Waals surface area contributed by atoms with Gasteiger partial charge in [0.2, 0.25) is 16.1 Å². The van der Waals surface area contributed by atoms with E-state index in [0.717, 1.165) is 0 Å². The zero-order chi connectivity index (χ0) is 20.3. The Bertz CT molecular complexity index is 988. The number of methoxy groups -OCH3 is 1. The number of carbonyl (C=O) groups is 2. The first-order valence-electron chi connectivity index (χ1n) is 8.60. The van der Waals surface area contributed by atoms with E-state index in [1.165, 1.54) is 43.2 Å². The Balaban J connectivity index is 1.87. The third-order valence-electron chi connectivity index (χ3n) is 4.27. The van der Waals surface area contributed by atoms with E-state index < -0.39 is 22.1 Å². The molecule has 0 aromatic heterocycles. The largest absolute Gasteiger partial charge is 0.475 e. The number of carbonyl (C=O) groups excluding carboxylic acids is 2. The summed E-state index contributed by atoms with van der Waals surface area (Å²) in [5.41, 5.74) is 1.26. The van der Waals surface area contributed by atoms with Crippen molar-refractivity contribution in [2.45, 2.75) is 13.0 Å². The lowest BCUT2D eigenvalue weighted by Crippen LogP contribution is -2.47. The van der Waals surface area contributed by atoms with Crippen LogP contribution >= 0.6 is 0 Å². The van der Waals surface area contributed by atoms with Gasteiger partial charge in [0.1, 0.15) is 5.75 Å². The molecule has 0 fully saturated rings. The molecule has 1 amide bonds. The SMILES string of the molecule is CCS(=O)(=O)Nc1ccc(C(=O)N2C[C@H](C(=O)OC)Oc3ccccc32)cc1. The molecule has 0 aliphatic carbocycles. The first-order valence-corrected chi connectivity index (χ1v) is 10.3. The number of nitrogens with zero attached hydrogens (tertiary/aromatic N) is 1.